The topological polar surface area (TPSA) is 17.1 Å². The summed E-state index contributed by atoms with van der Waals surface area (Å²) in [7, 11) is 0. The molecule has 1 fully saturated rings. The molecule has 2 aliphatic rings. The number of allylic oxidation sites excluding steroid dienone is 2. The molecular formula is C15H24O. The number of carbonyl (C=O) groups is 1. The Balaban J connectivity index is 2.24. The lowest BCUT2D eigenvalue weighted by molar-refractivity contribution is -0.109. The van der Waals surface area contributed by atoms with Crippen LogP contribution < -0.4 is 0 Å². The Bertz CT molecular complexity index is 305. The molecule has 90 valence electrons. The Morgan fingerprint density at radius 3 is 2.94 bits per heavy atom. The molecule has 2 aliphatic carbocycles. The highest BCUT2D eigenvalue weighted by atomic mass is 16.1. The van der Waals surface area contributed by atoms with Crippen LogP contribution in [-0.2, 0) is 4.79 Å². The van der Waals surface area contributed by atoms with E-state index < -0.39 is 0 Å². The summed E-state index contributed by atoms with van der Waals surface area (Å²) in [6, 6.07) is 0. The molecule has 0 aromatic heterocycles. The molecule has 0 bridgehead atoms. The molecule has 0 aromatic rings. The average Bonchev–Trinajstić information content (AvgIpc) is 2.27. The summed E-state index contributed by atoms with van der Waals surface area (Å²) in [4.78, 5) is 10.9. The first-order chi connectivity index (χ1) is 7.57. The van der Waals surface area contributed by atoms with E-state index in [1.807, 2.05) is 6.92 Å². The number of fused-ring (bicyclic) bond motifs is 1. The first kappa shape index (κ1) is 11.9. The Morgan fingerprint density at radius 2 is 2.25 bits per heavy atom. The van der Waals surface area contributed by atoms with E-state index in [-0.39, 0.29) is 5.92 Å². The third-order valence-corrected chi connectivity index (χ3v) is 4.99. The zero-order valence-corrected chi connectivity index (χ0v) is 10.8. The number of aldehydes is 1. The maximum Gasteiger partial charge on any atom is 0.126 e. The second kappa shape index (κ2) is 4.35. The number of carbonyl (C=O) groups excluding carboxylic acids is 1. The quantitative estimate of drug-likeness (QED) is 0.508. The van der Waals surface area contributed by atoms with Crippen molar-refractivity contribution >= 4 is 6.29 Å². The zero-order valence-electron chi connectivity index (χ0n) is 10.8. The van der Waals surface area contributed by atoms with Crippen molar-refractivity contribution in [2.75, 3.05) is 0 Å². The Hall–Kier alpha value is -0.590. The summed E-state index contributed by atoms with van der Waals surface area (Å²) < 4.78 is 0. The largest absolute Gasteiger partial charge is 0.303 e. The summed E-state index contributed by atoms with van der Waals surface area (Å²) in [5.74, 6) is 1.65. The Morgan fingerprint density at radius 1 is 1.50 bits per heavy atom. The Labute approximate surface area is 99.3 Å². The summed E-state index contributed by atoms with van der Waals surface area (Å²) in [6.07, 6.45) is 10.1. The molecule has 1 saturated carbocycles. The van der Waals surface area contributed by atoms with Crippen LogP contribution in [0.1, 0.15) is 52.9 Å². The van der Waals surface area contributed by atoms with E-state index in [2.05, 4.69) is 19.9 Å². The first-order valence-electron chi connectivity index (χ1n) is 6.73. The summed E-state index contributed by atoms with van der Waals surface area (Å²) in [5, 5.41) is 0. The fourth-order valence-electron chi connectivity index (χ4n) is 3.73. The molecule has 1 nitrogen and oxygen atoms in total. The predicted octanol–water partition coefficient (Wildman–Crippen LogP) is 3.98. The highest BCUT2D eigenvalue weighted by Gasteiger charge is 2.41. The molecule has 2 rings (SSSR count). The Kier molecular flexibility index (Phi) is 3.23. The summed E-state index contributed by atoms with van der Waals surface area (Å²) in [5.41, 5.74) is 1.91. The van der Waals surface area contributed by atoms with Gasteiger partial charge in [0.2, 0.25) is 0 Å². The molecule has 0 heterocycles. The molecule has 16 heavy (non-hydrogen) atoms. The highest BCUT2D eigenvalue weighted by molar-refractivity contribution is 5.58. The van der Waals surface area contributed by atoms with E-state index in [1.54, 1.807) is 0 Å². The molecule has 1 heteroatoms. The van der Waals surface area contributed by atoms with Gasteiger partial charge in [-0.25, -0.2) is 0 Å². The molecule has 0 aliphatic heterocycles. The van der Waals surface area contributed by atoms with Gasteiger partial charge in [0, 0.05) is 5.92 Å². The number of hydrogen-bond acceptors (Lipinski definition) is 1. The van der Waals surface area contributed by atoms with Gasteiger partial charge in [0.05, 0.1) is 0 Å². The van der Waals surface area contributed by atoms with Gasteiger partial charge in [-0.1, -0.05) is 45.3 Å². The van der Waals surface area contributed by atoms with Crippen LogP contribution in [0.3, 0.4) is 0 Å². The summed E-state index contributed by atoms with van der Waals surface area (Å²) >= 11 is 0. The van der Waals surface area contributed by atoms with Gasteiger partial charge in [-0.15, -0.1) is 0 Å². The molecule has 4 atom stereocenters. The van der Waals surface area contributed by atoms with Gasteiger partial charge < -0.3 is 4.79 Å². The van der Waals surface area contributed by atoms with E-state index >= 15 is 0 Å². The number of rotatable bonds is 2. The van der Waals surface area contributed by atoms with E-state index in [9.17, 15) is 4.79 Å². The standard InChI is InChI=1S/C15H24O/c1-11-5-4-7-15(3)8-6-13(9-14(11)15)12(2)10-16/h9-12,14H,4-8H2,1-3H3/t11-,12?,14?,15+/m1/s1. The fourth-order valence-corrected chi connectivity index (χ4v) is 3.73. The van der Waals surface area contributed by atoms with Crippen molar-refractivity contribution in [1.29, 1.82) is 0 Å². The molecule has 0 spiro atoms. The second-order valence-electron chi connectivity index (χ2n) is 6.22. The van der Waals surface area contributed by atoms with Crippen molar-refractivity contribution in [2.45, 2.75) is 52.9 Å². The average molecular weight is 220 g/mol. The molecule has 2 unspecified atom stereocenters. The minimum Gasteiger partial charge on any atom is -0.303 e. The van der Waals surface area contributed by atoms with Crippen molar-refractivity contribution in [2.24, 2.45) is 23.2 Å². The minimum absolute atomic E-state index is 0.138. The van der Waals surface area contributed by atoms with Gasteiger partial charge in [-0.05, 0) is 36.5 Å². The lowest BCUT2D eigenvalue weighted by atomic mass is 9.58. The molecular weight excluding hydrogens is 196 g/mol. The van der Waals surface area contributed by atoms with Crippen LogP contribution in [0.15, 0.2) is 11.6 Å². The molecule has 0 aromatic carbocycles. The van der Waals surface area contributed by atoms with E-state index in [0.717, 1.165) is 18.6 Å². The van der Waals surface area contributed by atoms with Crippen molar-refractivity contribution in [3.05, 3.63) is 11.6 Å². The lowest BCUT2D eigenvalue weighted by Gasteiger charge is -2.47. The highest BCUT2D eigenvalue weighted by Crippen LogP contribution is 2.51. The van der Waals surface area contributed by atoms with E-state index in [4.69, 9.17) is 0 Å². The normalized spacial score (nSPS) is 40.8. The lowest BCUT2D eigenvalue weighted by Crippen LogP contribution is -2.37. The molecule has 0 N–H and O–H groups in total. The molecule has 0 saturated heterocycles. The van der Waals surface area contributed by atoms with E-state index in [0.29, 0.717) is 11.3 Å². The SMILES string of the molecule is CC(C=O)C1=CC2[C@H](C)CCC[C@@]2(C)CC1. The van der Waals surface area contributed by atoms with Gasteiger partial charge in [0.15, 0.2) is 0 Å². The third kappa shape index (κ3) is 1.97. The van der Waals surface area contributed by atoms with Gasteiger partial charge in [-0.3, -0.25) is 0 Å². The van der Waals surface area contributed by atoms with Crippen LogP contribution in [0.2, 0.25) is 0 Å². The van der Waals surface area contributed by atoms with Crippen LogP contribution in [0.5, 0.6) is 0 Å². The van der Waals surface area contributed by atoms with E-state index in [1.165, 1.54) is 31.3 Å². The van der Waals surface area contributed by atoms with Crippen molar-refractivity contribution in [3.63, 3.8) is 0 Å². The molecule has 0 amide bonds. The summed E-state index contributed by atoms with van der Waals surface area (Å²) in [6.45, 7) is 6.87. The predicted molar refractivity (Wildman–Crippen MR) is 67.2 cm³/mol. The van der Waals surface area contributed by atoms with Gasteiger partial charge in [0.25, 0.3) is 0 Å². The fraction of sp³-hybridized carbons (Fsp3) is 0.800. The second-order valence-corrected chi connectivity index (χ2v) is 6.22. The first-order valence-corrected chi connectivity index (χ1v) is 6.73. The monoisotopic (exact) mass is 220 g/mol. The van der Waals surface area contributed by atoms with Crippen molar-refractivity contribution < 1.29 is 4.79 Å². The van der Waals surface area contributed by atoms with Gasteiger partial charge in [0.1, 0.15) is 6.29 Å². The van der Waals surface area contributed by atoms with Crippen molar-refractivity contribution in [1.82, 2.24) is 0 Å². The van der Waals surface area contributed by atoms with Crippen LogP contribution in [0.25, 0.3) is 0 Å². The maximum atomic E-state index is 10.9. The van der Waals surface area contributed by atoms with Crippen molar-refractivity contribution in [3.8, 4) is 0 Å². The van der Waals surface area contributed by atoms with Crippen LogP contribution in [-0.4, -0.2) is 6.29 Å². The maximum absolute atomic E-state index is 10.9. The van der Waals surface area contributed by atoms with Gasteiger partial charge >= 0.3 is 0 Å². The number of hydrogen-bond donors (Lipinski definition) is 0. The third-order valence-electron chi connectivity index (χ3n) is 4.99. The molecule has 0 radical (unpaired) electrons. The minimum atomic E-state index is 0.138. The smallest absolute Gasteiger partial charge is 0.126 e. The van der Waals surface area contributed by atoms with Crippen LogP contribution >= 0.6 is 0 Å². The zero-order chi connectivity index (χ0) is 11.8. The van der Waals surface area contributed by atoms with Crippen LogP contribution in [0, 0.1) is 23.2 Å². The van der Waals surface area contributed by atoms with Gasteiger partial charge in [-0.2, -0.15) is 0 Å². The van der Waals surface area contributed by atoms with Crippen LogP contribution in [0.4, 0.5) is 0 Å².